The molecule has 0 aliphatic carbocycles. The molecule has 2 saturated heterocycles. The van der Waals surface area contributed by atoms with Crippen LogP contribution in [0.5, 0.6) is 0 Å². The van der Waals surface area contributed by atoms with E-state index in [0.29, 0.717) is 19.6 Å². The summed E-state index contributed by atoms with van der Waals surface area (Å²) in [6, 6.07) is 0. The van der Waals surface area contributed by atoms with Crippen LogP contribution in [0.4, 0.5) is 8.78 Å². The maximum atomic E-state index is 13.2. The third kappa shape index (κ3) is 1.21. The van der Waals surface area contributed by atoms with Crippen LogP contribution in [-0.2, 0) is 9.47 Å². The van der Waals surface area contributed by atoms with Gasteiger partial charge in [0, 0.05) is 18.6 Å². The maximum absolute atomic E-state index is 13.2. The lowest BCUT2D eigenvalue weighted by molar-refractivity contribution is -0.129. The highest BCUT2D eigenvalue weighted by atomic mass is 19.3. The van der Waals surface area contributed by atoms with Crippen molar-refractivity contribution in [3.63, 3.8) is 0 Å². The molecule has 0 aromatic carbocycles. The van der Waals surface area contributed by atoms with Gasteiger partial charge in [0.05, 0.1) is 6.61 Å². The zero-order chi connectivity index (χ0) is 10.4. The van der Waals surface area contributed by atoms with Crippen molar-refractivity contribution >= 4 is 0 Å². The van der Waals surface area contributed by atoms with Gasteiger partial charge in [-0.2, -0.15) is 8.78 Å². The Balaban J connectivity index is 2.27. The molecule has 2 heterocycles. The molecule has 2 aliphatic rings. The van der Waals surface area contributed by atoms with E-state index >= 15 is 0 Å². The molecule has 0 N–H and O–H groups in total. The monoisotopic (exact) mass is 202 g/mol. The van der Waals surface area contributed by atoms with Crippen LogP contribution in [0.25, 0.3) is 0 Å². The van der Waals surface area contributed by atoms with Gasteiger partial charge in [-0.3, -0.25) is 0 Å². The molecule has 0 bridgehead atoms. The molecule has 1 atom stereocenters. The molecule has 0 radical (unpaired) electrons. The summed E-state index contributed by atoms with van der Waals surface area (Å²) in [4.78, 5) is 0. The van der Waals surface area contributed by atoms with Crippen molar-refractivity contribution in [3.8, 4) is 0 Å². The van der Waals surface area contributed by atoms with Crippen LogP contribution in [-0.4, -0.2) is 31.3 Å². The number of hydrogen-bond acceptors (Lipinski definition) is 2. The van der Waals surface area contributed by atoms with E-state index in [0.717, 1.165) is 0 Å². The highest BCUT2D eigenvalue weighted by Crippen LogP contribution is 2.44. The Bertz CT molecular complexity index is 290. The molecule has 1 spiro atoms. The van der Waals surface area contributed by atoms with E-state index in [-0.39, 0.29) is 11.1 Å². The lowest BCUT2D eigenvalue weighted by Gasteiger charge is -2.39. The normalized spacial score (nSPS) is 36.7. The number of halogens is 2. The van der Waals surface area contributed by atoms with Crippen LogP contribution in [0.1, 0.15) is 6.42 Å². The number of hydrogen-bond donors (Lipinski definition) is 0. The van der Waals surface area contributed by atoms with Gasteiger partial charge in [-0.15, -0.1) is 0 Å². The highest BCUT2D eigenvalue weighted by molar-refractivity contribution is 5.41. The third-order valence-electron chi connectivity index (χ3n) is 2.87. The smallest absolute Gasteiger partial charge is 0.295 e. The molecule has 0 amide bonds. The van der Waals surface area contributed by atoms with Crippen molar-refractivity contribution in [2.75, 3.05) is 19.8 Å². The van der Waals surface area contributed by atoms with Crippen LogP contribution in [0.3, 0.4) is 0 Å². The van der Waals surface area contributed by atoms with Gasteiger partial charge in [-0.1, -0.05) is 13.2 Å². The van der Waals surface area contributed by atoms with Gasteiger partial charge in [0.2, 0.25) is 0 Å². The first-order chi connectivity index (χ1) is 6.48. The fraction of sp³-hybridized carbons (Fsp3) is 0.600. The average Bonchev–Trinajstić information content (AvgIpc) is 2.60. The summed E-state index contributed by atoms with van der Waals surface area (Å²) >= 11 is 0. The van der Waals surface area contributed by atoms with Crippen LogP contribution in [0.2, 0.25) is 0 Å². The predicted octanol–water partition coefficient (Wildman–Crippen LogP) is 1.92. The van der Waals surface area contributed by atoms with Gasteiger partial charge < -0.3 is 9.47 Å². The fourth-order valence-electron chi connectivity index (χ4n) is 1.80. The van der Waals surface area contributed by atoms with Gasteiger partial charge in [-0.05, 0) is 5.57 Å². The van der Waals surface area contributed by atoms with Crippen molar-refractivity contribution in [1.29, 1.82) is 0 Å². The van der Waals surface area contributed by atoms with Gasteiger partial charge >= 0.3 is 0 Å². The first-order valence-corrected chi connectivity index (χ1v) is 4.47. The van der Waals surface area contributed by atoms with E-state index in [1.807, 2.05) is 0 Å². The Morgan fingerprint density at radius 3 is 2.43 bits per heavy atom. The van der Waals surface area contributed by atoms with Crippen molar-refractivity contribution < 1.29 is 18.3 Å². The van der Waals surface area contributed by atoms with E-state index in [4.69, 9.17) is 9.47 Å². The standard InChI is InChI=1S/C10H12F2O2/c1-7-8(2)10(11,12)6-14-9(7)3-4-13-5-9/h1-6H2. The highest BCUT2D eigenvalue weighted by Gasteiger charge is 2.51. The second-order valence-corrected chi connectivity index (χ2v) is 3.75. The molecule has 0 aromatic heterocycles. The summed E-state index contributed by atoms with van der Waals surface area (Å²) in [5.41, 5.74) is -0.667. The second-order valence-electron chi connectivity index (χ2n) is 3.75. The van der Waals surface area contributed by atoms with Gasteiger partial charge in [0.25, 0.3) is 5.92 Å². The minimum Gasteiger partial charge on any atom is -0.378 e. The van der Waals surface area contributed by atoms with Crippen LogP contribution >= 0.6 is 0 Å². The summed E-state index contributed by atoms with van der Waals surface area (Å²) in [5, 5.41) is 0. The summed E-state index contributed by atoms with van der Waals surface area (Å²) in [6.07, 6.45) is 0.584. The van der Waals surface area contributed by atoms with Crippen molar-refractivity contribution in [3.05, 3.63) is 24.3 Å². The van der Waals surface area contributed by atoms with E-state index in [9.17, 15) is 8.78 Å². The minimum atomic E-state index is -2.98. The molecule has 2 fully saturated rings. The maximum Gasteiger partial charge on any atom is 0.295 e. The molecule has 2 nitrogen and oxygen atoms in total. The Kier molecular flexibility index (Phi) is 2.01. The lowest BCUT2D eigenvalue weighted by Crippen LogP contribution is -2.47. The molecule has 78 valence electrons. The van der Waals surface area contributed by atoms with Crippen LogP contribution in [0.15, 0.2) is 24.3 Å². The molecule has 14 heavy (non-hydrogen) atoms. The van der Waals surface area contributed by atoms with Crippen LogP contribution in [0, 0.1) is 0 Å². The largest absolute Gasteiger partial charge is 0.378 e. The molecule has 2 rings (SSSR count). The van der Waals surface area contributed by atoms with Crippen molar-refractivity contribution in [1.82, 2.24) is 0 Å². The summed E-state index contributed by atoms with van der Waals surface area (Å²) in [5.74, 6) is -2.98. The molecule has 1 unspecified atom stereocenters. The topological polar surface area (TPSA) is 18.5 Å². The van der Waals surface area contributed by atoms with Gasteiger partial charge in [0.1, 0.15) is 12.2 Å². The minimum absolute atomic E-state index is 0.214. The van der Waals surface area contributed by atoms with Crippen molar-refractivity contribution in [2.45, 2.75) is 17.9 Å². The first-order valence-electron chi connectivity index (χ1n) is 4.47. The molecule has 0 aromatic rings. The van der Waals surface area contributed by atoms with Crippen molar-refractivity contribution in [2.24, 2.45) is 0 Å². The zero-order valence-corrected chi connectivity index (χ0v) is 7.82. The van der Waals surface area contributed by atoms with E-state index in [2.05, 4.69) is 13.2 Å². The third-order valence-corrected chi connectivity index (χ3v) is 2.87. The Morgan fingerprint density at radius 1 is 1.14 bits per heavy atom. The second kappa shape index (κ2) is 2.87. The quantitative estimate of drug-likeness (QED) is 0.597. The lowest BCUT2D eigenvalue weighted by atomic mass is 9.84. The fourth-order valence-corrected chi connectivity index (χ4v) is 1.80. The average molecular weight is 202 g/mol. The summed E-state index contributed by atoms with van der Waals surface area (Å²) in [7, 11) is 0. The van der Waals surface area contributed by atoms with Gasteiger partial charge in [-0.25, -0.2) is 0 Å². The predicted molar refractivity (Wildman–Crippen MR) is 47.3 cm³/mol. The molecular weight excluding hydrogens is 190 g/mol. The molecule has 4 heteroatoms. The Morgan fingerprint density at radius 2 is 1.86 bits per heavy atom. The number of ether oxygens (including phenoxy) is 2. The van der Waals surface area contributed by atoms with E-state index < -0.39 is 18.1 Å². The van der Waals surface area contributed by atoms with Crippen LogP contribution < -0.4 is 0 Å². The first kappa shape index (κ1) is 9.80. The summed E-state index contributed by atoms with van der Waals surface area (Å²) < 4.78 is 36.7. The SMILES string of the molecule is C=C1C(=C)C2(CCOC2)OCC1(F)F. The zero-order valence-electron chi connectivity index (χ0n) is 7.82. The molecule has 2 aliphatic heterocycles. The Labute approximate surface area is 81.2 Å². The van der Waals surface area contributed by atoms with E-state index in [1.54, 1.807) is 0 Å². The molecule has 0 saturated carbocycles. The number of rotatable bonds is 0. The van der Waals surface area contributed by atoms with E-state index in [1.165, 1.54) is 0 Å². The summed E-state index contributed by atoms with van der Waals surface area (Å²) in [6.45, 7) is 7.24. The Hall–Kier alpha value is -0.740. The number of alkyl halides is 2. The molecular formula is C10H12F2O2. The van der Waals surface area contributed by atoms with Gasteiger partial charge in [0.15, 0.2) is 0 Å².